The van der Waals surface area contributed by atoms with Crippen LogP contribution in [0.4, 0.5) is 17.6 Å². The van der Waals surface area contributed by atoms with Crippen LogP contribution in [0.2, 0.25) is 0 Å². The molecule has 2 rings (SSSR count). The molecule has 1 aliphatic rings. The number of aromatic nitrogens is 2. The monoisotopic (exact) mass is 207 g/mol. The smallest absolute Gasteiger partial charge is 0.223 e. The van der Waals surface area contributed by atoms with Crippen molar-refractivity contribution in [3.05, 3.63) is 6.07 Å². The summed E-state index contributed by atoms with van der Waals surface area (Å²) >= 11 is 0. The molecule has 1 aromatic rings. The highest BCUT2D eigenvalue weighted by atomic mass is 15.1. The lowest BCUT2D eigenvalue weighted by Crippen LogP contribution is -2.21. The molecule has 0 amide bonds. The van der Waals surface area contributed by atoms with Crippen LogP contribution in [-0.4, -0.2) is 23.6 Å². The summed E-state index contributed by atoms with van der Waals surface area (Å²) in [4.78, 5) is 8.16. The van der Waals surface area contributed by atoms with Crippen LogP contribution in [0, 0.1) is 5.92 Å². The third kappa shape index (κ3) is 2.49. The van der Waals surface area contributed by atoms with Gasteiger partial charge < -0.3 is 16.4 Å². The summed E-state index contributed by atoms with van der Waals surface area (Å²) in [5.74, 6) is 2.66. The van der Waals surface area contributed by atoms with Crippen molar-refractivity contribution in [2.45, 2.75) is 19.3 Å². The van der Waals surface area contributed by atoms with Crippen molar-refractivity contribution in [3.8, 4) is 0 Å². The van der Waals surface area contributed by atoms with Crippen LogP contribution in [0.25, 0.3) is 0 Å². The lowest BCUT2D eigenvalue weighted by atomic mass is 9.85. The minimum atomic E-state index is 0.304. The molecule has 1 aromatic heterocycles. The Balaban J connectivity index is 1.96. The Morgan fingerprint density at radius 3 is 2.73 bits per heavy atom. The summed E-state index contributed by atoms with van der Waals surface area (Å²) in [6, 6.07) is 1.87. The maximum absolute atomic E-state index is 5.59. The zero-order valence-electron chi connectivity index (χ0n) is 8.95. The number of nitrogens with two attached hydrogens (primary N) is 1. The lowest BCUT2D eigenvalue weighted by Gasteiger charge is -2.25. The van der Waals surface area contributed by atoms with Crippen molar-refractivity contribution in [1.29, 1.82) is 0 Å². The molecule has 0 radical (unpaired) electrons. The number of hydrogen-bond acceptors (Lipinski definition) is 5. The summed E-state index contributed by atoms with van der Waals surface area (Å²) in [6.07, 6.45) is 4.01. The maximum atomic E-state index is 5.59. The van der Waals surface area contributed by atoms with Crippen molar-refractivity contribution >= 4 is 17.6 Å². The lowest BCUT2D eigenvalue weighted by molar-refractivity contribution is 0.333. The number of hydrogen-bond donors (Lipinski definition) is 3. The van der Waals surface area contributed by atoms with E-state index in [1.807, 2.05) is 13.1 Å². The normalized spacial score (nSPS) is 15.8. The van der Waals surface area contributed by atoms with Crippen molar-refractivity contribution in [2.75, 3.05) is 30.0 Å². The van der Waals surface area contributed by atoms with Gasteiger partial charge in [0.1, 0.15) is 11.6 Å². The molecule has 1 heterocycles. The van der Waals surface area contributed by atoms with Gasteiger partial charge in [-0.2, -0.15) is 9.97 Å². The second-order valence-corrected chi connectivity index (χ2v) is 3.92. The third-order valence-electron chi connectivity index (χ3n) is 2.80. The molecule has 1 saturated carbocycles. The van der Waals surface area contributed by atoms with Crippen molar-refractivity contribution in [2.24, 2.45) is 5.92 Å². The first-order valence-electron chi connectivity index (χ1n) is 5.34. The summed E-state index contributed by atoms with van der Waals surface area (Å²) in [5.41, 5.74) is 5.59. The quantitative estimate of drug-likeness (QED) is 0.694. The molecule has 82 valence electrons. The summed E-state index contributed by atoms with van der Waals surface area (Å²) < 4.78 is 0. The van der Waals surface area contributed by atoms with Gasteiger partial charge in [-0.3, -0.25) is 0 Å². The van der Waals surface area contributed by atoms with Crippen LogP contribution in [0.1, 0.15) is 19.3 Å². The van der Waals surface area contributed by atoms with Crippen LogP contribution in [0.3, 0.4) is 0 Å². The van der Waals surface area contributed by atoms with Crippen LogP contribution in [0.15, 0.2) is 6.07 Å². The first-order valence-corrected chi connectivity index (χ1v) is 5.34. The maximum Gasteiger partial charge on any atom is 0.223 e. The van der Waals surface area contributed by atoms with Gasteiger partial charge >= 0.3 is 0 Å². The average molecular weight is 207 g/mol. The molecule has 0 saturated heterocycles. The predicted octanol–water partition coefficient (Wildman–Crippen LogP) is 1.31. The minimum Gasteiger partial charge on any atom is -0.373 e. The topological polar surface area (TPSA) is 75.9 Å². The van der Waals surface area contributed by atoms with Crippen molar-refractivity contribution in [3.63, 3.8) is 0 Å². The summed E-state index contributed by atoms with van der Waals surface area (Å²) in [5, 5.41) is 6.24. The summed E-state index contributed by atoms with van der Waals surface area (Å²) in [6.45, 7) is 0.986. The van der Waals surface area contributed by atoms with Gasteiger partial charge in [-0.05, 0) is 18.8 Å². The van der Waals surface area contributed by atoms with Crippen LogP contribution in [-0.2, 0) is 0 Å². The molecule has 0 aromatic carbocycles. The molecular weight excluding hydrogens is 190 g/mol. The SMILES string of the molecule is CNc1cc(NCC2CCC2)nc(N)n1. The van der Waals surface area contributed by atoms with Gasteiger partial charge in [-0.1, -0.05) is 6.42 Å². The highest BCUT2D eigenvalue weighted by molar-refractivity contribution is 5.50. The fraction of sp³-hybridized carbons (Fsp3) is 0.600. The van der Waals surface area contributed by atoms with E-state index in [1.165, 1.54) is 19.3 Å². The number of nitrogens with zero attached hydrogens (tertiary/aromatic N) is 2. The third-order valence-corrected chi connectivity index (χ3v) is 2.80. The van der Waals surface area contributed by atoms with Gasteiger partial charge in [-0.25, -0.2) is 0 Å². The van der Waals surface area contributed by atoms with E-state index in [4.69, 9.17) is 5.73 Å². The molecule has 1 fully saturated rings. The Labute approximate surface area is 89.5 Å². The molecule has 5 nitrogen and oxygen atoms in total. The van der Waals surface area contributed by atoms with Crippen molar-refractivity contribution in [1.82, 2.24) is 9.97 Å². The fourth-order valence-electron chi connectivity index (χ4n) is 1.63. The Hall–Kier alpha value is -1.52. The van der Waals surface area contributed by atoms with E-state index in [9.17, 15) is 0 Å². The Kier molecular flexibility index (Phi) is 2.89. The molecule has 0 aliphatic heterocycles. The Morgan fingerprint density at radius 1 is 1.40 bits per heavy atom. The Bertz CT molecular complexity index is 335. The van der Waals surface area contributed by atoms with E-state index < -0.39 is 0 Å². The van der Waals surface area contributed by atoms with Gasteiger partial charge in [0.15, 0.2) is 0 Å². The molecule has 0 unspecified atom stereocenters. The molecule has 5 heteroatoms. The van der Waals surface area contributed by atoms with Gasteiger partial charge in [0.2, 0.25) is 5.95 Å². The second kappa shape index (κ2) is 4.33. The van der Waals surface area contributed by atoms with Gasteiger partial charge in [0.25, 0.3) is 0 Å². The van der Waals surface area contributed by atoms with E-state index in [0.29, 0.717) is 5.95 Å². The molecule has 15 heavy (non-hydrogen) atoms. The predicted molar refractivity (Wildman–Crippen MR) is 61.8 cm³/mol. The zero-order valence-corrected chi connectivity index (χ0v) is 8.95. The van der Waals surface area contributed by atoms with E-state index in [-0.39, 0.29) is 0 Å². The standard InChI is InChI=1S/C10H17N5/c1-12-8-5-9(15-10(11)14-8)13-6-7-3-2-4-7/h5,7H,2-4,6H2,1H3,(H4,11,12,13,14,15). The minimum absolute atomic E-state index is 0.304. The highest BCUT2D eigenvalue weighted by Gasteiger charge is 2.16. The first-order chi connectivity index (χ1) is 7.28. The van der Waals surface area contributed by atoms with E-state index in [0.717, 1.165) is 24.1 Å². The van der Waals surface area contributed by atoms with Crippen LogP contribution < -0.4 is 16.4 Å². The molecular formula is C10H17N5. The first kappa shape index (κ1) is 10.0. The van der Waals surface area contributed by atoms with E-state index in [2.05, 4.69) is 20.6 Å². The Morgan fingerprint density at radius 2 is 2.13 bits per heavy atom. The fourth-order valence-corrected chi connectivity index (χ4v) is 1.63. The number of nitrogen functional groups attached to an aromatic ring is 1. The number of rotatable bonds is 4. The highest BCUT2D eigenvalue weighted by Crippen LogP contribution is 2.26. The van der Waals surface area contributed by atoms with Crippen LogP contribution in [0.5, 0.6) is 0 Å². The average Bonchev–Trinajstić information content (AvgIpc) is 2.14. The summed E-state index contributed by atoms with van der Waals surface area (Å²) in [7, 11) is 1.82. The molecule has 0 bridgehead atoms. The van der Waals surface area contributed by atoms with Gasteiger partial charge in [0, 0.05) is 19.7 Å². The largest absolute Gasteiger partial charge is 0.373 e. The number of anilines is 3. The van der Waals surface area contributed by atoms with E-state index >= 15 is 0 Å². The molecule has 1 aliphatic carbocycles. The van der Waals surface area contributed by atoms with E-state index in [1.54, 1.807) is 0 Å². The second-order valence-electron chi connectivity index (χ2n) is 3.92. The zero-order chi connectivity index (χ0) is 10.7. The number of nitrogens with one attached hydrogen (secondary N) is 2. The van der Waals surface area contributed by atoms with Crippen molar-refractivity contribution < 1.29 is 0 Å². The molecule has 4 N–H and O–H groups in total. The van der Waals surface area contributed by atoms with Gasteiger partial charge in [0.05, 0.1) is 0 Å². The van der Waals surface area contributed by atoms with Crippen LogP contribution >= 0.6 is 0 Å². The van der Waals surface area contributed by atoms with Gasteiger partial charge in [-0.15, -0.1) is 0 Å². The molecule has 0 spiro atoms. The molecule has 0 atom stereocenters.